The van der Waals surface area contributed by atoms with Crippen molar-refractivity contribution in [2.24, 2.45) is 11.1 Å². The predicted molar refractivity (Wildman–Crippen MR) is 61.5 cm³/mol. The lowest BCUT2D eigenvalue weighted by Gasteiger charge is -2.37. The Morgan fingerprint density at radius 1 is 1.40 bits per heavy atom. The van der Waals surface area contributed by atoms with Crippen LogP contribution in [0, 0.1) is 5.41 Å². The third-order valence-corrected chi connectivity index (χ3v) is 3.13. The van der Waals surface area contributed by atoms with Gasteiger partial charge in [0.05, 0.1) is 11.5 Å². The Morgan fingerprint density at radius 2 is 1.87 bits per heavy atom. The van der Waals surface area contributed by atoms with Crippen molar-refractivity contribution in [3.05, 3.63) is 0 Å². The Labute approximate surface area is 92.6 Å². The minimum Gasteiger partial charge on any atom is -0.380 e. The highest BCUT2D eigenvalue weighted by Gasteiger charge is 2.40. The lowest BCUT2D eigenvalue weighted by atomic mass is 9.74. The lowest BCUT2D eigenvalue weighted by molar-refractivity contribution is -0.132. The van der Waals surface area contributed by atoms with Gasteiger partial charge in [-0.25, -0.2) is 0 Å². The molecular formula is C11H24N2O2. The molecule has 4 nitrogen and oxygen atoms in total. The fraction of sp³-hybridized carbons (Fsp3) is 0.909. The Hall–Kier alpha value is -0.610. The average Bonchev–Trinajstić information content (AvgIpc) is 2.11. The molecule has 90 valence electrons. The van der Waals surface area contributed by atoms with Crippen LogP contribution >= 0.6 is 0 Å². The molecule has 0 radical (unpaired) electrons. The van der Waals surface area contributed by atoms with Crippen LogP contribution in [0.5, 0.6) is 0 Å². The summed E-state index contributed by atoms with van der Waals surface area (Å²) >= 11 is 0. The van der Waals surface area contributed by atoms with Gasteiger partial charge in [-0.2, -0.15) is 0 Å². The van der Waals surface area contributed by atoms with Crippen molar-refractivity contribution in [3.63, 3.8) is 0 Å². The molecule has 0 aliphatic rings. The second-order valence-corrected chi connectivity index (χ2v) is 5.10. The molecule has 0 aromatic carbocycles. The van der Waals surface area contributed by atoms with Crippen molar-refractivity contribution in [1.82, 2.24) is 5.32 Å². The summed E-state index contributed by atoms with van der Waals surface area (Å²) in [5, 5.41) is 2.84. The molecule has 0 aliphatic carbocycles. The first-order valence-electron chi connectivity index (χ1n) is 5.23. The number of nitrogens with one attached hydrogen (secondary N) is 1. The minimum atomic E-state index is -0.597. The third-order valence-electron chi connectivity index (χ3n) is 3.13. The zero-order chi connectivity index (χ0) is 12.3. The number of hydrogen-bond acceptors (Lipinski definition) is 3. The summed E-state index contributed by atoms with van der Waals surface area (Å²) in [6.07, 6.45) is 0.0191. The standard InChI is InChI=1S/C11H24N2O2/c1-8(15-6)7-13-9(14)10(2,3)11(4,5)12/h8H,7,12H2,1-6H3,(H,13,14). The molecule has 15 heavy (non-hydrogen) atoms. The number of methoxy groups -OCH3 is 1. The molecule has 1 atom stereocenters. The summed E-state index contributed by atoms with van der Waals surface area (Å²) in [6, 6.07) is 0. The highest BCUT2D eigenvalue weighted by molar-refractivity contribution is 5.83. The van der Waals surface area contributed by atoms with Crippen molar-refractivity contribution in [1.29, 1.82) is 0 Å². The van der Waals surface area contributed by atoms with Crippen LogP contribution < -0.4 is 11.1 Å². The van der Waals surface area contributed by atoms with Gasteiger partial charge < -0.3 is 15.8 Å². The largest absolute Gasteiger partial charge is 0.380 e. The maximum atomic E-state index is 11.9. The fourth-order valence-corrected chi connectivity index (χ4v) is 0.833. The van der Waals surface area contributed by atoms with E-state index in [2.05, 4.69) is 5.32 Å². The summed E-state index contributed by atoms with van der Waals surface area (Å²) in [6.45, 7) is 9.81. The SMILES string of the molecule is COC(C)CNC(=O)C(C)(C)C(C)(C)N. The third kappa shape index (κ3) is 3.80. The minimum absolute atomic E-state index is 0.0191. The molecule has 0 saturated carbocycles. The molecule has 1 unspecified atom stereocenters. The first-order chi connectivity index (χ1) is 6.63. The summed E-state index contributed by atoms with van der Waals surface area (Å²) < 4.78 is 5.05. The topological polar surface area (TPSA) is 64.3 Å². The van der Waals surface area contributed by atoms with Crippen LogP contribution in [-0.4, -0.2) is 31.2 Å². The van der Waals surface area contributed by atoms with Crippen LogP contribution in [0.1, 0.15) is 34.6 Å². The van der Waals surface area contributed by atoms with Gasteiger partial charge in [-0.3, -0.25) is 4.79 Å². The maximum absolute atomic E-state index is 11.9. The van der Waals surface area contributed by atoms with E-state index in [4.69, 9.17) is 10.5 Å². The molecule has 0 aromatic rings. The molecule has 0 bridgehead atoms. The van der Waals surface area contributed by atoms with E-state index < -0.39 is 11.0 Å². The Balaban J connectivity index is 4.33. The number of ether oxygens (including phenoxy) is 1. The van der Waals surface area contributed by atoms with Crippen LogP contribution in [0.4, 0.5) is 0 Å². The fourth-order valence-electron chi connectivity index (χ4n) is 0.833. The Bertz CT molecular complexity index is 219. The smallest absolute Gasteiger partial charge is 0.227 e. The van der Waals surface area contributed by atoms with Crippen molar-refractivity contribution in [2.75, 3.05) is 13.7 Å². The second-order valence-electron chi connectivity index (χ2n) is 5.10. The molecule has 0 heterocycles. The number of nitrogens with two attached hydrogens (primary N) is 1. The van der Waals surface area contributed by atoms with Gasteiger partial charge in [0.1, 0.15) is 0 Å². The van der Waals surface area contributed by atoms with Crippen molar-refractivity contribution < 1.29 is 9.53 Å². The number of amides is 1. The van der Waals surface area contributed by atoms with Gasteiger partial charge >= 0.3 is 0 Å². The Morgan fingerprint density at radius 3 is 2.20 bits per heavy atom. The van der Waals surface area contributed by atoms with E-state index in [1.54, 1.807) is 7.11 Å². The van der Waals surface area contributed by atoms with Gasteiger partial charge in [-0.15, -0.1) is 0 Å². The average molecular weight is 216 g/mol. The van der Waals surface area contributed by atoms with E-state index in [0.717, 1.165) is 0 Å². The van der Waals surface area contributed by atoms with Gasteiger partial charge in [-0.05, 0) is 34.6 Å². The first-order valence-corrected chi connectivity index (χ1v) is 5.23. The monoisotopic (exact) mass is 216 g/mol. The highest BCUT2D eigenvalue weighted by atomic mass is 16.5. The summed E-state index contributed by atoms with van der Waals surface area (Å²) in [5.74, 6) is -0.0427. The molecule has 1 amide bonds. The number of carbonyl (C=O) groups is 1. The van der Waals surface area contributed by atoms with Crippen LogP contribution in [0.25, 0.3) is 0 Å². The molecule has 4 heteroatoms. The van der Waals surface area contributed by atoms with Crippen molar-refractivity contribution in [2.45, 2.75) is 46.3 Å². The summed E-state index contributed by atoms with van der Waals surface area (Å²) in [7, 11) is 1.62. The van der Waals surface area contributed by atoms with E-state index in [-0.39, 0.29) is 12.0 Å². The van der Waals surface area contributed by atoms with E-state index in [0.29, 0.717) is 6.54 Å². The van der Waals surface area contributed by atoms with Gasteiger partial charge in [0.25, 0.3) is 0 Å². The highest BCUT2D eigenvalue weighted by Crippen LogP contribution is 2.28. The molecule has 0 aliphatic heterocycles. The van der Waals surface area contributed by atoms with E-state index >= 15 is 0 Å². The number of carbonyl (C=O) groups excluding carboxylic acids is 1. The summed E-state index contributed by atoms with van der Waals surface area (Å²) in [5.41, 5.74) is 4.82. The summed E-state index contributed by atoms with van der Waals surface area (Å²) in [4.78, 5) is 11.9. The van der Waals surface area contributed by atoms with E-state index in [1.165, 1.54) is 0 Å². The van der Waals surface area contributed by atoms with Gasteiger partial charge in [0, 0.05) is 19.2 Å². The van der Waals surface area contributed by atoms with Crippen molar-refractivity contribution in [3.8, 4) is 0 Å². The number of hydrogen-bond donors (Lipinski definition) is 2. The van der Waals surface area contributed by atoms with Crippen molar-refractivity contribution >= 4 is 5.91 Å². The van der Waals surface area contributed by atoms with Crippen LogP contribution in [-0.2, 0) is 9.53 Å². The first kappa shape index (κ1) is 14.4. The zero-order valence-electron chi connectivity index (χ0n) is 10.7. The van der Waals surface area contributed by atoms with E-state index in [9.17, 15) is 4.79 Å². The van der Waals surface area contributed by atoms with Gasteiger partial charge in [0.2, 0.25) is 5.91 Å². The zero-order valence-corrected chi connectivity index (χ0v) is 10.7. The van der Waals surface area contributed by atoms with Gasteiger partial charge in [0.15, 0.2) is 0 Å². The molecule has 0 saturated heterocycles. The van der Waals surface area contributed by atoms with Crippen LogP contribution in [0.15, 0.2) is 0 Å². The second kappa shape index (κ2) is 4.94. The van der Waals surface area contributed by atoms with Crippen LogP contribution in [0.3, 0.4) is 0 Å². The molecule has 3 N–H and O–H groups in total. The molecule has 0 aromatic heterocycles. The van der Waals surface area contributed by atoms with Crippen LogP contribution in [0.2, 0.25) is 0 Å². The Kier molecular flexibility index (Phi) is 4.74. The molecule has 0 spiro atoms. The maximum Gasteiger partial charge on any atom is 0.227 e. The number of rotatable bonds is 5. The molecule has 0 fully saturated rings. The van der Waals surface area contributed by atoms with E-state index in [1.807, 2.05) is 34.6 Å². The normalized spacial score (nSPS) is 14.9. The molecular weight excluding hydrogens is 192 g/mol. The quantitative estimate of drug-likeness (QED) is 0.717. The van der Waals surface area contributed by atoms with Gasteiger partial charge in [-0.1, -0.05) is 0 Å². The lowest BCUT2D eigenvalue weighted by Crippen LogP contribution is -2.56. The molecule has 0 rings (SSSR count). The predicted octanol–water partition coefficient (Wildman–Crippen LogP) is 0.901.